The van der Waals surface area contributed by atoms with E-state index in [1.165, 1.54) is 4.90 Å². The van der Waals surface area contributed by atoms with E-state index in [0.717, 1.165) is 0 Å². The Morgan fingerprint density at radius 1 is 1.46 bits per heavy atom. The number of amides is 1. The molecule has 0 aromatic rings. The monoisotopic (exact) mass is 191 g/mol. The van der Waals surface area contributed by atoms with Gasteiger partial charge in [-0.2, -0.15) is 0 Å². The average molecular weight is 191 g/mol. The highest BCUT2D eigenvalue weighted by atomic mass is 19.3. The Hall–Kier alpha value is -0.670. The summed E-state index contributed by atoms with van der Waals surface area (Å²) in [5.41, 5.74) is 0. The number of rotatable bonds is 1. The number of carbonyl (C=O) groups is 1. The van der Waals surface area contributed by atoms with Crippen LogP contribution in [0.15, 0.2) is 0 Å². The topological polar surface area (TPSA) is 20.3 Å². The van der Waals surface area contributed by atoms with Gasteiger partial charge in [0.1, 0.15) is 0 Å². The van der Waals surface area contributed by atoms with E-state index in [2.05, 4.69) is 0 Å². The van der Waals surface area contributed by atoms with Crippen LogP contribution in [0.2, 0.25) is 0 Å². The summed E-state index contributed by atoms with van der Waals surface area (Å²) in [6.45, 7) is 3.54. The molecule has 1 aliphatic heterocycles. The molecule has 0 saturated carbocycles. The van der Waals surface area contributed by atoms with Gasteiger partial charge in [0, 0.05) is 18.9 Å². The first-order valence-corrected chi connectivity index (χ1v) is 4.59. The highest BCUT2D eigenvalue weighted by Crippen LogP contribution is 2.27. The van der Waals surface area contributed by atoms with Gasteiger partial charge < -0.3 is 4.90 Å². The second-order valence-electron chi connectivity index (χ2n) is 3.87. The van der Waals surface area contributed by atoms with Crippen molar-refractivity contribution in [3.05, 3.63) is 0 Å². The van der Waals surface area contributed by atoms with Crippen LogP contribution in [0.1, 0.15) is 26.7 Å². The smallest absolute Gasteiger partial charge is 0.265 e. The number of likely N-dealkylation sites (tertiary alicyclic amines) is 1. The molecule has 4 heteroatoms. The molecule has 1 saturated heterocycles. The SMILES string of the molecule is CC(C)C(=O)N1CCCC(F)(F)C1. The van der Waals surface area contributed by atoms with E-state index < -0.39 is 12.5 Å². The molecule has 2 nitrogen and oxygen atoms in total. The van der Waals surface area contributed by atoms with Crippen molar-refractivity contribution in [1.82, 2.24) is 4.90 Å². The van der Waals surface area contributed by atoms with Gasteiger partial charge in [-0.05, 0) is 6.42 Å². The molecule has 13 heavy (non-hydrogen) atoms. The predicted octanol–water partition coefficient (Wildman–Crippen LogP) is 1.90. The van der Waals surface area contributed by atoms with Crippen LogP contribution in [0.5, 0.6) is 0 Å². The first kappa shape index (κ1) is 10.4. The highest BCUT2D eigenvalue weighted by molar-refractivity contribution is 5.78. The van der Waals surface area contributed by atoms with E-state index in [9.17, 15) is 13.6 Å². The van der Waals surface area contributed by atoms with E-state index >= 15 is 0 Å². The number of carbonyl (C=O) groups excluding carboxylic acids is 1. The Labute approximate surface area is 76.9 Å². The summed E-state index contributed by atoms with van der Waals surface area (Å²) in [4.78, 5) is 12.7. The maximum absolute atomic E-state index is 12.9. The van der Waals surface area contributed by atoms with Gasteiger partial charge in [-0.3, -0.25) is 4.79 Å². The van der Waals surface area contributed by atoms with E-state index in [1.807, 2.05) is 0 Å². The van der Waals surface area contributed by atoms with Crippen molar-refractivity contribution in [3.63, 3.8) is 0 Å². The summed E-state index contributed by atoms with van der Waals surface area (Å²) >= 11 is 0. The second-order valence-corrected chi connectivity index (χ2v) is 3.87. The quantitative estimate of drug-likeness (QED) is 0.620. The molecule has 1 amide bonds. The number of nitrogens with zero attached hydrogens (tertiary/aromatic N) is 1. The third-order valence-electron chi connectivity index (χ3n) is 2.20. The molecule has 0 aromatic carbocycles. The van der Waals surface area contributed by atoms with E-state index in [0.29, 0.717) is 13.0 Å². The Bertz CT molecular complexity index is 204. The largest absolute Gasteiger partial charge is 0.336 e. The molecular formula is C9H15F2NO. The minimum Gasteiger partial charge on any atom is -0.336 e. The summed E-state index contributed by atoms with van der Waals surface area (Å²) < 4.78 is 25.8. The third-order valence-corrected chi connectivity index (χ3v) is 2.20. The fourth-order valence-corrected chi connectivity index (χ4v) is 1.52. The second kappa shape index (κ2) is 3.60. The standard InChI is InChI=1S/C9H15F2NO/c1-7(2)8(13)12-5-3-4-9(10,11)6-12/h7H,3-6H2,1-2H3. The fourth-order valence-electron chi connectivity index (χ4n) is 1.52. The minimum atomic E-state index is -2.68. The van der Waals surface area contributed by atoms with Gasteiger partial charge in [0.2, 0.25) is 5.91 Å². The number of hydrogen-bond acceptors (Lipinski definition) is 1. The summed E-state index contributed by atoms with van der Waals surface area (Å²) in [5.74, 6) is -3.03. The van der Waals surface area contributed by atoms with E-state index in [-0.39, 0.29) is 18.2 Å². The van der Waals surface area contributed by atoms with Crippen molar-refractivity contribution in [2.24, 2.45) is 5.92 Å². The zero-order valence-corrected chi connectivity index (χ0v) is 8.02. The molecule has 0 bridgehead atoms. The van der Waals surface area contributed by atoms with Crippen LogP contribution < -0.4 is 0 Å². The molecular weight excluding hydrogens is 176 g/mol. The number of hydrogen-bond donors (Lipinski definition) is 0. The number of piperidine rings is 1. The van der Waals surface area contributed by atoms with Gasteiger partial charge in [-0.15, -0.1) is 0 Å². The molecule has 0 spiro atoms. The molecule has 76 valence electrons. The molecule has 0 aromatic heterocycles. The summed E-state index contributed by atoms with van der Waals surface area (Å²) in [7, 11) is 0. The van der Waals surface area contributed by atoms with Crippen LogP contribution in [0.3, 0.4) is 0 Å². The van der Waals surface area contributed by atoms with E-state index in [4.69, 9.17) is 0 Å². The lowest BCUT2D eigenvalue weighted by molar-refractivity contribution is -0.144. The lowest BCUT2D eigenvalue weighted by Crippen LogP contribution is -2.47. The molecule has 0 unspecified atom stereocenters. The number of alkyl halides is 2. The Morgan fingerprint density at radius 3 is 2.54 bits per heavy atom. The van der Waals surface area contributed by atoms with E-state index in [1.54, 1.807) is 13.8 Å². The van der Waals surface area contributed by atoms with Crippen LogP contribution >= 0.6 is 0 Å². The van der Waals surface area contributed by atoms with Crippen molar-refractivity contribution in [1.29, 1.82) is 0 Å². The summed E-state index contributed by atoms with van der Waals surface area (Å²) in [6, 6.07) is 0. The van der Waals surface area contributed by atoms with Crippen LogP contribution in [-0.4, -0.2) is 29.8 Å². The van der Waals surface area contributed by atoms with Crippen LogP contribution in [0.25, 0.3) is 0 Å². The van der Waals surface area contributed by atoms with Crippen molar-refractivity contribution >= 4 is 5.91 Å². The normalized spacial score (nSPS) is 22.1. The molecule has 1 aliphatic rings. The minimum absolute atomic E-state index is 0.0884. The molecule has 0 N–H and O–H groups in total. The average Bonchev–Trinajstić information content (AvgIpc) is 2.01. The third kappa shape index (κ3) is 2.64. The molecule has 1 rings (SSSR count). The Balaban J connectivity index is 2.57. The maximum Gasteiger partial charge on any atom is 0.265 e. The van der Waals surface area contributed by atoms with Gasteiger partial charge in [0.05, 0.1) is 6.54 Å². The van der Waals surface area contributed by atoms with Crippen LogP contribution in [0.4, 0.5) is 8.78 Å². The van der Waals surface area contributed by atoms with Crippen molar-refractivity contribution in [2.75, 3.05) is 13.1 Å². The van der Waals surface area contributed by atoms with Gasteiger partial charge >= 0.3 is 0 Å². The van der Waals surface area contributed by atoms with Crippen molar-refractivity contribution in [2.45, 2.75) is 32.6 Å². The first-order chi connectivity index (χ1) is 5.92. The van der Waals surface area contributed by atoms with Gasteiger partial charge in [0.15, 0.2) is 0 Å². The van der Waals surface area contributed by atoms with Crippen LogP contribution in [-0.2, 0) is 4.79 Å². The van der Waals surface area contributed by atoms with Gasteiger partial charge in [-0.1, -0.05) is 13.8 Å². The first-order valence-electron chi connectivity index (χ1n) is 4.59. The zero-order chi connectivity index (χ0) is 10.1. The van der Waals surface area contributed by atoms with Crippen molar-refractivity contribution in [3.8, 4) is 0 Å². The molecule has 0 atom stereocenters. The van der Waals surface area contributed by atoms with Gasteiger partial charge in [0.25, 0.3) is 5.92 Å². The maximum atomic E-state index is 12.9. The van der Waals surface area contributed by atoms with Gasteiger partial charge in [-0.25, -0.2) is 8.78 Å². The Morgan fingerprint density at radius 2 is 2.08 bits per heavy atom. The molecule has 0 aliphatic carbocycles. The summed E-state index contributed by atoms with van der Waals surface area (Å²) in [5, 5.41) is 0. The molecule has 0 radical (unpaired) electrons. The lowest BCUT2D eigenvalue weighted by Gasteiger charge is -2.33. The molecule has 1 heterocycles. The fraction of sp³-hybridized carbons (Fsp3) is 0.889. The lowest BCUT2D eigenvalue weighted by atomic mass is 10.1. The van der Waals surface area contributed by atoms with Crippen LogP contribution in [0, 0.1) is 5.92 Å². The Kier molecular flexibility index (Phi) is 2.88. The van der Waals surface area contributed by atoms with Crippen molar-refractivity contribution < 1.29 is 13.6 Å². The predicted molar refractivity (Wildman–Crippen MR) is 45.6 cm³/mol. The molecule has 1 fully saturated rings. The number of halogens is 2. The zero-order valence-electron chi connectivity index (χ0n) is 8.02. The summed E-state index contributed by atoms with van der Waals surface area (Å²) in [6.07, 6.45) is 0.320. The highest BCUT2D eigenvalue weighted by Gasteiger charge is 2.37.